The molecular formula is C27H29F3N6O3. The first kappa shape index (κ1) is 26.6. The summed E-state index contributed by atoms with van der Waals surface area (Å²) in [5.74, 6) is 0.509. The van der Waals surface area contributed by atoms with Crippen molar-refractivity contribution in [2.45, 2.75) is 64.5 Å². The standard InChI is InChI=1S/C27H29F3N6O3/c1-16-13-34(25(37)39-26(2,3)4)7-8-35(16)23-22-21(18-5-6-18)14-36(24(22)33-15-32-23)19-9-17(12-31)10-20(11-19)38-27(28,29)30/h9-11,14-16,18H,5-8,13H2,1-4H3/t16-/m0/s1. The third-order valence-electron chi connectivity index (χ3n) is 6.69. The number of hydrogen-bond acceptors (Lipinski definition) is 7. The van der Waals surface area contributed by atoms with Crippen LogP contribution in [-0.4, -0.2) is 63.2 Å². The molecule has 1 saturated heterocycles. The van der Waals surface area contributed by atoms with E-state index in [-0.39, 0.29) is 23.6 Å². The van der Waals surface area contributed by atoms with Crippen molar-refractivity contribution in [3.63, 3.8) is 0 Å². The van der Waals surface area contributed by atoms with E-state index in [1.807, 2.05) is 40.0 Å². The van der Waals surface area contributed by atoms with E-state index in [4.69, 9.17) is 4.74 Å². The molecule has 2 fully saturated rings. The highest BCUT2D eigenvalue weighted by atomic mass is 19.4. The predicted octanol–water partition coefficient (Wildman–Crippen LogP) is 5.51. The molecule has 1 amide bonds. The maximum atomic E-state index is 13.0. The number of benzene rings is 1. The van der Waals surface area contributed by atoms with Crippen LogP contribution < -0.4 is 9.64 Å². The molecule has 2 aliphatic rings. The lowest BCUT2D eigenvalue weighted by Crippen LogP contribution is -2.54. The lowest BCUT2D eigenvalue weighted by molar-refractivity contribution is -0.274. The molecule has 3 aromatic rings. The molecule has 39 heavy (non-hydrogen) atoms. The quantitative estimate of drug-likeness (QED) is 0.429. The Morgan fingerprint density at radius 2 is 1.87 bits per heavy atom. The van der Waals surface area contributed by atoms with Crippen LogP contribution in [0.5, 0.6) is 5.75 Å². The molecule has 206 valence electrons. The number of amides is 1. The van der Waals surface area contributed by atoms with Crippen LogP contribution in [0.1, 0.15) is 57.6 Å². The van der Waals surface area contributed by atoms with E-state index in [2.05, 4.69) is 19.6 Å². The number of carbonyl (C=O) groups excluding carboxylic acids is 1. The lowest BCUT2D eigenvalue weighted by atomic mass is 10.1. The average molecular weight is 543 g/mol. The van der Waals surface area contributed by atoms with Gasteiger partial charge in [-0.3, -0.25) is 0 Å². The summed E-state index contributed by atoms with van der Waals surface area (Å²) < 4.78 is 50.3. The number of piperazine rings is 1. The molecule has 9 nitrogen and oxygen atoms in total. The van der Waals surface area contributed by atoms with Gasteiger partial charge >= 0.3 is 12.5 Å². The predicted molar refractivity (Wildman–Crippen MR) is 137 cm³/mol. The highest BCUT2D eigenvalue weighted by molar-refractivity contribution is 5.93. The molecule has 1 aliphatic heterocycles. The van der Waals surface area contributed by atoms with Gasteiger partial charge in [0.25, 0.3) is 0 Å². The maximum Gasteiger partial charge on any atom is 0.573 e. The molecule has 0 unspecified atom stereocenters. The number of hydrogen-bond donors (Lipinski definition) is 0. The monoisotopic (exact) mass is 542 g/mol. The van der Waals surface area contributed by atoms with E-state index < -0.39 is 17.7 Å². The van der Waals surface area contributed by atoms with Crippen molar-refractivity contribution in [3.8, 4) is 17.5 Å². The Balaban J connectivity index is 1.53. The normalized spacial score (nSPS) is 18.3. The van der Waals surface area contributed by atoms with Crippen LogP contribution in [0.15, 0.2) is 30.7 Å². The zero-order valence-electron chi connectivity index (χ0n) is 22.1. The van der Waals surface area contributed by atoms with E-state index in [0.29, 0.717) is 36.8 Å². The van der Waals surface area contributed by atoms with Gasteiger partial charge in [-0.2, -0.15) is 5.26 Å². The van der Waals surface area contributed by atoms with Crippen molar-refractivity contribution in [1.82, 2.24) is 19.4 Å². The molecular weight excluding hydrogens is 513 g/mol. The number of halogens is 3. The number of fused-ring (bicyclic) bond motifs is 1. The summed E-state index contributed by atoms with van der Waals surface area (Å²) in [6.07, 6.45) is 0.0122. The zero-order valence-corrected chi connectivity index (χ0v) is 22.1. The minimum absolute atomic E-state index is 0.0303. The van der Waals surface area contributed by atoms with E-state index >= 15 is 0 Å². The molecule has 1 atom stereocenters. The smallest absolute Gasteiger partial charge is 0.444 e. The minimum atomic E-state index is -4.89. The van der Waals surface area contributed by atoms with E-state index in [9.17, 15) is 23.2 Å². The second-order valence-electron chi connectivity index (χ2n) is 11.0. The van der Waals surface area contributed by atoms with Crippen LogP contribution in [-0.2, 0) is 4.74 Å². The van der Waals surface area contributed by atoms with E-state index in [1.165, 1.54) is 18.5 Å². The van der Waals surface area contributed by atoms with Gasteiger partial charge in [-0.05, 0) is 64.2 Å². The van der Waals surface area contributed by atoms with Gasteiger partial charge in [-0.15, -0.1) is 13.2 Å². The Kier molecular flexibility index (Phi) is 6.56. The van der Waals surface area contributed by atoms with Crippen molar-refractivity contribution < 1.29 is 27.4 Å². The Labute approximate surface area is 223 Å². The van der Waals surface area contributed by atoms with Crippen LogP contribution in [0.3, 0.4) is 0 Å². The highest BCUT2D eigenvalue weighted by Gasteiger charge is 2.35. The summed E-state index contributed by atoms with van der Waals surface area (Å²) in [6, 6.07) is 5.63. The molecule has 1 aliphatic carbocycles. The summed E-state index contributed by atoms with van der Waals surface area (Å²) in [4.78, 5) is 25.6. The third-order valence-corrected chi connectivity index (χ3v) is 6.69. The second-order valence-corrected chi connectivity index (χ2v) is 11.0. The van der Waals surface area contributed by atoms with Gasteiger partial charge < -0.3 is 23.8 Å². The Hall–Kier alpha value is -4.01. The molecule has 0 radical (unpaired) electrons. The van der Waals surface area contributed by atoms with Crippen LogP contribution in [0.25, 0.3) is 16.7 Å². The van der Waals surface area contributed by atoms with E-state index in [0.717, 1.165) is 29.9 Å². The number of rotatable bonds is 4. The maximum absolute atomic E-state index is 13.0. The van der Waals surface area contributed by atoms with Crippen LogP contribution in [0.4, 0.5) is 23.8 Å². The van der Waals surface area contributed by atoms with Crippen molar-refractivity contribution in [2.24, 2.45) is 0 Å². The molecule has 1 saturated carbocycles. The number of carbonyl (C=O) groups is 1. The molecule has 3 heterocycles. The topological polar surface area (TPSA) is 96.5 Å². The molecule has 2 aromatic heterocycles. The molecule has 5 rings (SSSR count). The number of nitrogens with zero attached hydrogens (tertiary/aromatic N) is 6. The van der Waals surface area contributed by atoms with Gasteiger partial charge in [0.1, 0.15) is 29.1 Å². The van der Waals surface area contributed by atoms with Crippen LogP contribution >= 0.6 is 0 Å². The van der Waals surface area contributed by atoms with Gasteiger partial charge in [0, 0.05) is 37.9 Å². The average Bonchev–Trinajstić information content (AvgIpc) is 3.61. The van der Waals surface area contributed by atoms with Gasteiger partial charge in [0.2, 0.25) is 0 Å². The molecule has 1 aromatic carbocycles. The fourth-order valence-electron chi connectivity index (χ4n) is 4.94. The molecule has 0 N–H and O–H groups in total. The fourth-order valence-corrected chi connectivity index (χ4v) is 4.94. The van der Waals surface area contributed by atoms with Crippen molar-refractivity contribution in [2.75, 3.05) is 24.5 Å². The first-order chi connectivity index (χ1) is 18.3. The Morgan fingerprint density at radius 1 is 1.13 bits per heavy atom. The highest BCUT2D eigenvalue weighted by Crippen LogP contribution is 2.46. The van der Waals surface area contributed by atoms with Crippen molar-refractivity contribution >= 4 is 22.9 Å². The summed E-state index contributed by atoms with van der Waals surface area (Å²) in [5.41, 5.74) is 1.30. The number of alkyl halides is 3. The molecule has 0 bridgehead atoms. The summed E-state index contributed by atoms with van der Waals surface area (Å²) in [7, 11) is 0. The summed E-state index contributed by atoms with van der Waals surface area (Å²) >= 11 is 0. The second kappa shape index (κ2) is 9.63. The molecule has 0 spiro atoms. The Morgan fingerprint density at radius 3 is 2.49 bits per heavy atom. The number of aromatic nitrogens is 3. The number of anilines is 1. The van der Waals surface area contributed by atoms with Gasteiger partial charge in [-0.1, -0.05) is 0 Å². The van der Waals surface area contributed by atoms with Crippen LogP contribution in [0.2, 0.25) is 0 Å². The SMILES string of the molecule is C[C@H]1CN(C(=O)OC(C)(C)C)CCN1c1ncnc2c1c(C1CC1)cn2-c1cc(C#N)cc(OC(F)(F)F)c1. The lowest BCUT2D eigenvalue weighted by Gasteiger charge is -2.41. The van der Waals surface area contributed by atoms with Gasteiger partial charge in [-0.25, -0.2) is 14.8 Å². The van der Waals surface area contributed by atoms with Crippen molar-refractivity contribution in [3.05, 3.63) is 41.9 Å². The van der Waals surface area contributed by atoms with Gasteiger partial charge in [0.15, 0.2) is 0 Å². The summed E-state index contributed by atoms with van der Waals surface area (Å²) in [6.45, 7) is 8.92. The third kappa shape index (κ3) is 5.72. The number of ether oxygens (including phenoxy) is 2. The fraction of sp³-hybridized carbons (Fsp3) is 0.481. The first-order valence-corrected chi connectivity index (χ1v) is 12.7. The van der Waals surface area contributed by atoms with E-state index in [1.54, 1.807) is 9.47 Å². The van der Waals surface area contributed by atoms with Gasteiger partial charge in [0.05, 0.1) is 22.7 Å². The summed E-state index contributed by atoms with van der Waals surface area (Å²) in [5, 5.41) is 10.3. The van der Waals surface area contributed by atoms with Crippen LogP contribution in [0, 0.1) is 11.3 Å². The molecule has 12 heteroatoms. The minimum Gasteiger partial charge on any atom is -0.444 e. The largest absolute Gasteiger partial charge is 0.573 e. The zero-order chi connectivity index (χ0) is 28.1. The Bertz CT molecular complexity index is 1450. The first-order valence-electron chi connectivity index (χ1n) is 12.7. The number of nitriles is 1. The van der Waals surface area contributed by atoms with Crippen molar-refractivity contribution in [1.29, 1.82) is 5.26 Å².